The third-order valence-corrected chi connectivity index (χ3v) is 3.17. The summed E-state index contributed by atoms with van der Waals surface area (Å²) in [5.41, 5.74) is 6.90. The summed E-state index contributed by atoms with van der Waals surface area (Å²) in [6, 6.07) is 5.03. The molecule has 100 valence electrons. The molecule has 0 aliphatic rings. The maximum Gasteiger partial charge on any atom is 0.128 e. The number of nitrogens with zero attached hydrogens (tertiary/aromatic N) is 1. The van der Waals surface area contributed by atoms with Gasteiger partial charge in [0, 0.05) is 18.0 Å². The third kappa shape index (κ3) is 2.80. The van der Waals surface area contributed by atoms with Crippen molar-refractivity contribution in [2.24, 2.45) is 5.84 Å². The van der Waals surface area contributed by atoms with Crippen LogP contribution in [0.5, 0.6) is 0 Å². The van der Waals surface area contributed by atoms with Gasteiger partial charge in [0.25, 0.3) is 0 Å². The van der Waals surface area contributed by atoms with Crippen molar-refractivity contribution in [2.75, 3.05) is 0 Å². The zero-order valence-electron chi connectivity index (χ0n) is 11.4. The lowest BCUT2D eigenvalue weighted by molar-refractivity contribution is 0.555. The lowest BCUT2D eigenvalue weighted by atomic mass is 9.94. The molecule has 1 unspecified atom stereocenters. The van der Waals surface area contributed by atoms with E-state index in [4.69, 9.17) is 5.84 Å². The van der Waals surface area contributed by atoms with Crippen molar-refractivity contribution in [1.82, 2.24) is 10.4 Å². The zero-order valence-corrected chi connectivity index (χ0v) is 11.4. The van der Waals surface area contributed by atoms with Gasteiger partial charge in [-0.1, -0.05) is 12.1 Å². The van der Waals surface area contributed by atoms with Gasteiger partial charge in [-0.25, -0.2) is 9.82 Å². The van der Waals surface area contributed by atoms with E-state index in [-0.39, 0.29) is 5.82 Å². The Morgan fingerprint density at radius 3 is 2.42 bits per heavy atom. The van der Waals surface area contributed by atoms with Crippen LogP contribution in [-0.2, 0) is 0 Å². The number of hydrogen-bond acceptors (Lipinski definition) is 3. The van der Waals surface area contributed by atoms with Crippen LogP contribution >= 0.6 is 0 Å². The van der Waals surface area contributed by atoms with E-state index >= 15 is 0 Å². The first kappa shape index (κ1) is 13.6. The van der Waals surface area contributed by atoms with Crippen molar-refractivity contribution >= 4 is 0 Å². The number of aromatic nitrogens is 1. The molecule has 0 fully saturated rings. The molecule has 1 atom stereocenters. The Morgan fingerprint density at radius 1 is 1.11 bits per heavy atom. The summed E-state index contributed by atoms with van der Waals surface area (Å²) in [6.45, 7) is 5.71. The number of benzene rings is 1. The summed E-state index contributed by atoms with van der Waals surface area (Å²) in [7, 11) is 0. The highest BCUT2D eigenvalue weighted by molar-refractivity contribution is 5.39. The highest BCUT2D eigenvalue weighted by Gasteiger charge is 2.19. The van der Waals surface area contributed by atoms with E-state index in [9.17, 15) is 4.39 Å². The van der Waals surface area contributed by atoms with Crippen LogP contribution in [0.4, 0.5) is 4.39 Å². The zero-order chi connectivity index (χ0) is 14.0. The molecule has 0 aliphatic carbocycles. The second-order valence-electron chi connectivity index (χ2n) is 4.87. The van der Waals surface area contributed by atoms with Crippen LogP contribution < -0.4 is 11.3 Å². The number of nitrogens with two attached hydrogens (primary N) is 1. The van der Waals surface area contributed by atoms with Crippen LogP contribution in [0, 0.1) is 26.6 Å². The Kier molecular flexibility index (Phi) is 3.93. The fraction of sp³-hybridized carbons (Fsp3) is 0.267. The van der Waals surface area contributed by atoms with Gasteiger partial charge in [0.1, 0.15) is 5.82 Å². The average Bonchev–Trinajstić information content (AvgIpc) is 2.33. The molecule has 3 N–H and O–H groups in total. The van der Waals surface area contributed by atoms with Crippen LogP contribution in [-0.4, -0.2) is 4.98 Å². The minimum absolute atomic E-state index is 0.248. The van der Waals surface area contributed by atoms with Crippen LogP contribution in [0.1, 0.15) is 33.9 Å². The SMILES string of the molecule is Cc1cncc(C(NN)c2c(C)cc(C)cc2F)c1. The molecule has 0 saturated heterocycles. The molecule has 2 aromatic rings. The first-order valence-corrected chi connectivity index (χ1v) is 6.17. The smallest absolute Gasteiger partial charge is 0.128 e. The second-order valence-corrected chi connectivity index (χ2v) is 4.87. The number of rotatable bonds is 3. The fourth-order valence-electron chi connectivity index (χ4n) is 2.37. The maximum absolute atomic E-state index is 14.2. The minimum Gasteiger partial charge on any atom is -0.271 e. The molecule has 1 aromatic carbocycles. The van der Waals surface area contributed by atoms with Gasteiger partial charge < -0.3 is 0 Å². The van der Waals surface area contributed by atoms with E-state index in [2.05, 4.69) is 10.4 Å². The van der Waals surface area contributed by atoms with Gasteiger partial charge >= 0.3 is 0 Å². The van der Waals surface area contributed by atoms with Gasteiger partial charge in [-0.05, 0) is 49.1 Å². The van der Waals surface area contributed by atoms with E-state index in [1.807, 2.05) is 32.9 Å². The van der Waals surface area contributed by atoms with Gasteiger partial charge in [-0.3, -0.25) is 10.8 Å². The third-order valence-electron chi connectivity index (χ3n) is 3.17. The van der Waals surface area contributed by atoms with Crippen LogP contribution in [0.3, 0.4) is 0 Å². The van der Waals surface area contributed by atoms with E-state index in [1.54, 1.807) is 12.4 Å². The van der Waals surface area contributed by atoms with E-state index in [1.165, 1.54) is 6.07 Å². The quantitative estimate of drug-likeness (QED) is 0.658. The van der Waals surface area contributed by atoms with Crippen LogP contribution in [0.15, 0.2) is 30.6 Å². The highest BCUT2D eigenvalue weighted by atomic mass is 19.1. The number of halogens is 1. The van der Waals surface area contributed by atoms with Crippen molar-refractivity contribution in [3.05, 3.63) is 64.2 Å². The molecular weight excluding hydrogens is 241 g/mol. The predicted octanol–water partition coefficient (Wildman–Crippen LogP) is 2.70. The van der Waals surface area contributed by atoms with E-state index in [0.29, 0.717) is 5.56 Å². The van der Waals surface area contributed by atoms with Crippen molar-refractivity contribution < 1.29 is 4.39 Å². The number of pyridine rings is 1. The number of hydrogen-bond donors (Lipinski definition) is 2. The Bertz CT molecular complexity index is 573. The molecule has 19 heavy (non-hydrogen) atoms. The molecular formula is C15H18FN3. The topological polar surface area (TPSA) is 50.9 Å². The monoisotopic (exact) mass is 259 g/mol. The summed E-state index contributed by atoms with van der Waals surface area (Å²) in [6.07, 6.45) is 3.46. The van der Waals surface area contributed by atoms with Gasteiger partial charge in [-0.15, -0.1) is 0 Å². The lowest BCUT2D eigenvalue weighted by Gasteiger charge is -2.20. The fourth-order valence-corrected chi connectivity index (χ4v) is 2.37. The summed E-state index contributed by atoms with van der Waals surface area (Å²) in [5, 5.41) is 0. The molecule has 0 amide bonds. The van der Waals surface area contributed by atoms with Crippen molar-refractivity contribution in [2.45, 2.75) is 26.8 Å². The molecule has 2 rings (SSSR count). The molecule has 3 nitrogen and oxygen atoms in total. The standard InChI is InChI=1S/C15H18FN3/c1-9-4-11(3)14(13(16)6-9)15(19-17)12-5-10(2)7-18-8-12/h4-8,15,19H,17H2,1-3H3. The number of hydrazine groups is 1. The summed E-state index contributed by atoms with van der Waals surface area (Å²) in [4.78, 5) is 4.14. The first-order chi connectivity index (χ1) is 9.02. The molecule has 0 aliphatic heterocycles. The Hall–Kier alpha value is -1.78. The normalized spacial score (nSPS) is 12.5. The van der Waals surface area contributed by atoms with Gasteiger partial charge in [0.05, 0.1) is 6.04 Å². The van der Waals surface area contributed by atoms with Gasteiger partial charge in [0.15, 0.2) is 0 Å². The molecule has 0 saturated carbocycles. The highest BCUT2D eigenvalue weighted by Crippen LogP contribution is 2.27. The van der Waals surface area contributed by atoms with Crippen LogP contribution in [0.2, 0.25) is 0 Å². The lowest BCUT2D eigenvalue weighted by Crippen LogP contribution is -2.30. The van der Waals surface area contributed by atoms with Crippen LogP contribution in [0.25, 0.3) is 0 Å². The van der Waals surface area contributed by atoms with E-state index in [0.717, 1.165) is 22.3 Å². The molecule has 0 spiro atoms. The number of nitrogens with one attached hydrogen (secondary N) is 1. The van der Waals surface area contributed by atoms with Crippen molar-refractivity contribution in [3.8, 4) is 0 Å². The molecule has 0 bridgehead atoms. The number of aryl methyl sites for hydroxylation is 3. The molecule has 0 radical (unpaired) electrons. The second kappa shape index (κ2) is 5.47. The average molecular weight is 259 g/mol. The Morgan fingerprint density at radius 2 is 1.84 bits per heavy atom. The maximum atomic E-state index is 14.2. The Labute approximate surface area is 112 Å². The largest absolute Gasteiger partial charge is 0.271 e. The molecule has 1 aromatic heterocycles. The first-order valence-electron chi connectivity index (χ1n) is 6.17. The molecule has 4 heteroatoms. The summed E-state index contributed by atoms with van der Waals surface area (Å²) >= 11 is 0. The predicted molar refractivity (Wildman–Crippen MR) is 74.0 cm³/mol. The van der Waals surface area contributed by atoms with Gasteiger partial charge in [-0.2, -0.15) is 0 Å². The minimum atomic E-state index is -0.395. The van der Waals surface area contributed by atoms with E-state index < -0.39 is 6.04 Å². The summed E-state index contributed by atoms with van der Waals surface area (Å²) < 4.78 is 14.2. The van der Waals surface area contributed by atoms with Gasteiger partial charge in [0.2, 0.25) is 0 Å². The van der Waals surface area contributed by atoms with Crippen molar-refractivity contribution in [3.63, 3.8) is 0 Å². The Balaban J connectivity index is 2.54. The summed E-state index contributed by atoms with van der Waals surface area (Å²) in [5.74, 6) is 5.37. The molecule has 1 heterocycles. The van der Waals surface area contributed by atoms with Crippen molar-refractivity contribution in [1.29, 1.82) is 0 Å².